The van der Waals surface area contributed by atoms with Crippen molar-refractivity contribution in [2.45, 2.75) is 95.3 Å². The summed E-state index contributed by atoms with van der Waals surface area (Å²) in [5, 5.41) is 12.8. The van der Waals surface area contributed by atoms with Crippen molar-refractivity contribution in [3.63, 3.8) is 0 Å². The van der Waals surface area contributed by atoms with Crippen LogP contribution in [0, 0.1) is 11.3 Å². The molecule has 0 radical (unpaired) electrons. The monoisotopic (exact) mass is 715 g/mol. The first-order valence-corrected chi connectivity index (χ1v) is 16.9. The van der Waals surface area contributed by atoms with Crippen molar-refractivity contribution < 1.29 is 57.5 Å². The van der Waals surface area contributed by atoms with E-state index < -0.39 is 88.5 Å². The van der Waals surface area contributed by atoms with E-state index in [9.17, 15) is 29.1 Å². The van der Waals surface area contributed by atoms with Gasteiger partial charge in [-0.05, 0) is 70.5 Å². The van der Waals surface area contributed by atoms with Gasteiger partial charge in [-0.25, -0.2) is 14.4 Å². The maximum Gasteiger partial charge on any atom is 0.340 e. The minimum Gasteiger partial charge on any atom is -0.455 e. The van der Waals surface area contributed by atoms with Gasteiger partial charge in [-0.2, -0.15) is 0 Å². The van der Waals surface area contributed by atoms with E-state index >= 15 is 0 Å². The molecule has 0 amide bonds. The second-order valence-corrected chi connectivity index (χ2v) is 14.4. The van der Waals surface area contributed by atoms with E-state index in [-0.39, 0.29) is 23.1 Å². The zero-order valence-corrected chi connectivity index (χ0v) is 29.6. The number of pyridine rings is 1. The van der Waals surface area contributed by atoms with Gasteiger partial charge >= 0.3 is 29.8 Å². The number of fused-ring (bicyclic) bond motifs is 1. The predicted octanol–water partition coefficient (Wildman–Crippen LogP) is 4.26. The molecule has 52 heavy (non-hydrogen) atoms. The number of aromatic nitrogens is 1. The highest BCUT2D eigenvalue weighted by atomic mass is 16.6. The van der Waals surface area contributed by atoms with E-state index in [1.54, 1.807) is 81.4 Å². The first-order chi connectivity index (χ1) is 24.5. The Balaban J connectivity index is 1.61. The summed E-state index contributed by atoms with van der Waals surface area (Å²) in [6.45, 7) is 8.64. The molecule has 13 nitrogen and oxygen atoms in total. The van der Waals surface area contributed by atoms with Crippen LogP contribution >= 0.6 is 0 Å². The van der Waals surface area contributed by atoms with Crippen molar-refractivity contribution in [3.8, 4) is 0 Å². The van der Waals surface area contributed by atoms with Crippen LogP contribution < -0.4 is 0 Å². The molecule has 1 spiro atoms. The average Bonchev–Trinajstić information content (AvgIpc) is 3.39. The lowest BCUT2D eigenvalue weighted by molar-refractivity contribution is -0.356. The molecule has 1 aliphatic heterocycles. The minimum absolute atomic E-state index is 0.0225. The molecule has 2 aromatic carbocycles. The smallest absolute Gasteiger partial charge is 0.340 e. The highest BCUT2D eigenvalue weighted by molar-refractivity contribution is 5.91. The van der Waals surface area contributed by atoms with E-state index in [0.29, 0.717) is 0 Å². The van der Waals surface area contributed by atoms with Gasteiger partial charge in [0.1, 0.15) is 17.3 Å². The van der Waals surface area contributed by atoms with Crippen molar-refractivity contribution in [3.05, 3.63) is 102 Å². The lowest BCUT2D eigenvalue weighted by Crippen LogP contribution is -2.84. The van der Waals surface area contributed by atoms with Gasteiger partial charge in [0.25, 0.3) is 0 Å². The second-order valence-electron chi connectivity index (χ2n) is 14.4. The standard InChI is InChI=1S/C39H41NO12/c1-22(41)47-29-31(51-35(45)26-18-13-19-40-21-26)37(5)30(50-34(44)25-16-11-8-12-17-25)28(49-33(43)24-14-9-7-10-15-24)27-20-39(37,52-36(27,3)4)38(6,46)32(29)48-23(2)42/h7-19,21,27-32,46H,20H2,1-6H3/t27-,28-,29-,30-,31-,32-,37+,38+,39+/m0/s1. The summed E-state index contributed by atoms with van der Waals surface area (Å²) in [6.07, 6.45) is -5.11. The largest absolute Gasteiger partial charge is 0.455 e. The molecular formula is C39H41NO12. The number of ether oxygens (including phenoxy) is 6. The third-order valence-electron chi connectivity index (χ3n) is 10.8. The lowest BCUT2D eigenvalue weighted by atomic mass is 9.46. The Labute approximate surface area is 300 Å². The molecule has 3 fully saturated rings. The molecular weight excluding hydrogens is 674 g/mol. The Morgan fingerprint density at radius 2 is 1.15 bits per heavy atom. The van der Waals surface area contributed by atoms with E-state index in [4.69, 9.17) is 28.4 Å². The Morgan fingerprint density at radius 3 is 1.67 bits per heavy atom. The average molecular weight is 716 g/mol. The first kappa shape index (κ1) is 36.6. The fourth-order valence-electron chi connectivity index (χ4n) is 8.43. The van der Waals surface area contributed by atoms with Crippen molar-refractivity contribution in [1.29, 1.82) is 0 Å². The van der Waals surface area contributed by atoms with Crippen LogP contribution in [0.5, 0.6) is 0 Å². The summed E-state index contributed by atoms with van der Waals surface area (Å²) in [5.41, 5.74) is -6.75. The molecule has 1 saturated heterocycles. The van der Waals surface area contributed by atoms with E-state index in [0.717, 1.165) is 13.8 Å². The first-order valence-electron chi connectivity index (χ1n) is 16.9. The summed E-state index contributed by atoms with van der Waals surface area (Å²) in [5.74, 6) is -4.89. The molecule has 13 heteroatoms. The van der Waals surface area contributed by atoms with Gasteiger partial charge in [0.05, 0.1) is 27.7 Å². The van der Waals surface area contributed by atoms with Gasteiger partial charge in [0.2, 0.25) is 0 Å². The highest BCUT2D eigenvalue weighted by Crippen LogP contribution is 2.69. The number of carbonyl (C=O) groups is 5. The zero-order chi connectivity index (χ0) is 37.6. The lowest BCUT2D eigenvalue weighted by Gasteiger charge is -2.66. The number of hydrogen-bond donors (Lipinski definition) is 1. The van der Waals surface area contributed by atoms with Gasteiger partial charge in [-0.3, -0.25) is 14.6 Å². The van der Waals surface area contributed by atoms with Gasteiger partial charge in [-0.15, -0.1) is 0 Å². The number of carbonyl (C=O) groups excluding carboxylic acids is 5. The molecule has 3 aliphatic rings. The quantitative estimate of drug-likeness (QED) is 0.259. The second kappa shape index (κ2) is 13.4. The summed E-state index contributed by atoms with van der Waals surface area (Å²) in [6, 6.07) is 19.3. The molecule has 3 aromatic rings. The minimum atomic E-state index is -2.21. The summed E-state index contributed by atoms with van der Waals surface area (Å²) in [4.78, 5) is 71.4. The fraction of sp³-hybridized carbons (Fsp3) is 0.436. The van der Waals surface area contributed by atoms with Crippen molar-refractivity contribution in [2.24, 2.45) is 11.3 Å². The molecule has 1 aromatic heterocycles. The Bertz CT molecular complexity index is 1850. The topological polar surface area (TPSA) is 174 Å². The van der Waals surface area contributed by atoms with Crippen molar-refractivity contribution in [2.75, 3.05) is 0 Å². The summed E-state index contributed by atoms with van der Waals surface area (Å²) >= 11 is 0. The molecule has 274 valence electrons. The van der Waals surface area contributed by atoms with Crippen molar-refractivity contribution >= 4 is 29.8 Å². The van der Waals surface area contributed by atoms with E-state index in [2.05, 4.69) is 4.98 Å². The van der Waals surface area contributed by atoms with Crippen LogP contribution in [0.15, 0.2) is 85.2 Å². The van der Waals surface area contributed by atoms with Gasteiger partial charge in [0, 0.05) is 32.2 Å². The van der Waals surface area contributed by atoms with Gasteiger partial charge in [0.15, 0.2) is 24.4 Å². The van der Waals surface area contributed by atoms with Crippen LogP contribution in [0.1, 0.15) is 79.0 Å². The normalized spacial score (nSPS) is 32.8. The van der Waals surface area contributed by atoms with Crippen LogP contribution in [-0.4, -0.2) is 87.3 Å². The highest BCUT2D eigenvalue weighted by Gasteiger charge is 2.85. The Morgan fingerprint density at radius 1 is 0.654 bits per heavy atom. The van der Waals surface area contributed by atoms with E-state index in [1.807, 2.05) is 0 Å². The predicted molar refractivity (Wildman–Crippen MR) is 181 cm³/mol. The molecule has 1 N–H and O–H groups in total. The molecule has 2 aliphatic carbocycles. The summed E-state index contributed by atoms with van der Waals surface area (Å²) < 4.78 is 37.4. The molecule has 2 saturated carbocycles. The number of nitrogens with zero attached hydrogens (tertiary/aromatic N) is 1. The van der Waals surface area contributed by atoms with Gasteiger partial charge in [-0.1, -0.05) is 36.4 Å². The molecule has 0 unspecified atom stereocenters. The van der Waals surface area contributed by atoms with Crippen LogP contribution in [0.3, 0.4) is 0 Å². The number of aliphatic hydroxyl groups is 1. The summed E-state index contributed by atoms with van der Waals surface area (Å²) in [7, 11) is 0. The van der Waals surface area contributed by atoms with Crippen LogP contribution in [0.4, 0.5) is 0 Å². The van der Waals surface area contributed by atoms with Crippen LogP contribution in [0.2, 0.25) is 0 Å². The Hall–Kier alpha value is -5.14. The van der Waals surface area contributed by atoms with E-state index in [1.165, 1.54) is 31.5 Å². The van der Waals surface area contributed by atoms with Gasteiger partial charge < -0.3 is 33.5 Å². The fourth-order valence-corrected chi connectivity index (χ4v) is 8.43. The number of benzene rings is 2. The maximum absolute atomic E-state index is 14.1. The molecule has 6 rings (SSSR count). The zero-order valence-electron chi connectivity index (χ0n) is 29.6. The molecule has 2 heterocycles. The molecule has 9 atom stereocenters. The third-order valence-corrected chi connectivity index (χ3v) is 10.8. The number of hydrogen-bond acceptors (Lipinski definition) is 13. The number of rotatable bonds is 8. The maximum atomic E-state index is 14.1. The Kier molecular flexibility index (Phi) is 9.47. The molecule has 2 bridgehead atoms. The van der Waals surface area contributed by atoms with Crippen molar-refractivity contribution in [1.82, 2.24) is 4.98 Å². The number of esters is 5. The van der Waals surface area contributed by atoms with Crippen LogP contribution in [-0.2, 0) is 38.0 Å². The SMILES string of the molecule is CC(=O)O[C@H]1[C@H](OC(=O)c2cccnc2)[C@@]2(C)[C@@H](OC(=O)c3ccccc3)[C@@H](OC(=O)c3ccccc3)[C@@H]3C[C@]2(OC3(C)C)[C@](C)(O)[C@H]1OC(C)=O. The van der Waals surface area contributed by atoms with Crippen LogP contribution in [0.25, 0.3) is 0 Å². The third kappa shape index (κ3) is 6.01.